The van der Waals surface area contributed by atoms with E-state index in [1.807, 2.05) is 0 Å². The standard InChI is InChI=1S/C10H13N3O2/c1-2-5-11-7-9-12-13-10(15-9)8-4-3-6-14-8/h3-4,6,11H,2,5,7H2,1H3. The van der Waals surface area contributed by atoms with Gasteiger partial charge < -0.3 is 14.2 Å². The lowest BCUT2D eigenvalue weighted by molar-refractivity contribution is 0.460. The number of aromatic nitrogens is 2. The maximum atomic E-state index is 5.40. The Labute approximate surface area is 87.5 Å². The topological polar surface area (TPSA) is 64.1 Å². The smallest absolute Gasteiger partial charge is 0.283 e. The SMILES string of the molecule is CCCNCc1nnc(-c2ccco2)o1. The van der Waals surface area contributed by atoms with Gasteiger partial charge in [0.25, 0.3) is 5.89 Å². The lowest BCUT2D eigenvalue weighted by atomic mass is 10.4. The first-order chi connectivity index (χ1) is 7.40. The van der Waals surface area contributed by atoms with Crippen molar-refractivity contribution in [2.45, 2.75) is 19.9 Å². The van der Waals surface area contributed by atoms with E-state index in [9.17, 15) is 0 Å². The van der Waals surface area contributed by atoms with Crippen LogP contribution < -0.4 is 5.32 Å². The van der Waals surface area contributed by atoms with E-state index in [0.717, 1.165) is 13.0 Å². The van der Waals surface area contributed by atoms with Gasteiger partial charge >= 0.3 is 0 Å². The van der Waals surface area contributed by atoms with Gasteiger partial charge in [0.2, 0.25) is 5.89 Å². The molecule has 0 saturated heterocycles. The molecule has 1 N–H and O–H groups in total. The molecule has 0 aliphatic rings. The summed E-state index contributed by atoms with van der Waals surface area (Å²) in [5, 5.41) is 11.0. The van der Waals surface area contributed by atoms with E-state index >= 15 is 0 Å². The van der Waals surface area contributed by atoms with Crippen molar-refractivity contribution in [2.75, 3.05) is 6.54 Å². The Balaban J connectivity index is 1.98. The van der Waals surface area contributed by atoms with Crippen molar-refractivity contribution in [3.8, 4) is 11.7 Å². The molecule has 0 atom stereocenters. The largest absolute Gasteiger partial charge is 0.459 e. The van der Waals surface area contributed by atoms with Gasteiger partial charge in [-0.3, -0.25) is 0 Å². The summed E-state index contributed by atoms with van der Waals surface area (Å²) in [5.74, 6) is 1.60. The van der Waals surface area contributed by atoms with Crippen LogP contribution >= 0.6 is 0 Å². The van der Waals surface area contributed by atoms with Crippen LogP contribution in [0.3, 0.4) is 0 Å². The highest BCUT2D eigenvalue weighted by Crippen LogP contribution is 2.17. The summed E-state index contributed by atoms with van der Waals surface area (Å²) in [6.45, 7) is 3.65. The minimum absolute atomic E-state index is 0.424. The van der Waals surface area contributed by atoms with Gasteiger partial charge in [-0.25, -0.2) is 0 Å². The predicted octanol–water partition coefficient (Wildman–Crippen LogP) is 1.83. The summed E-state index contributed by atoms with van der Waals surface area (Å²) in [4.78, 5) is 0. The van der Waals surface area contributed by atoms with Crippen LogP contribution in [0.4, 0.5) is 0 Å². The number of furan rings is 1. The highest BCUT2D eigenvalue weighted by atomic mass is 16.4. The monoisotopic (exact) mass is 207 g/mol. The van der Waals surface area contributed by atoms with Crippen LogP contribution in [0, 0.1) is 0 Å². The van der Waals surface area contributed by atoms with Gasteiger partial charge in [-0.05, 0) is 25.1 Å². The Hall–Kier alpha value is -1.62. The molecule has 0 amide bonds. The lowest BCUT2D eigenvalue weighted by Gasteiger charge is -1.96. The summed E-state index contributed by atoms with van der Waals surface area (Å²) < 4.78 is 10.5. The first kappa shape index (κ1) is 9.92. The van der Waals surface area contributed by atoms with Crippen LogP contribution in [-0.4, -0.2) is 16.7 Å². The fourth-order valence-corrected chi connectivity index (χ4v) is 1.20. The van der Waals surface area contributed by atoms with Gasteiger partial charge in [0.15, 0.2) is 5.76 Å². The third kappa shape index (κ3) is 2.44. The molecule has 2 rings (SSSR count). The second-order valence-electron chi connectivity index (χ2n) is 3.16. The van der Waals surface area contributed by atoms with Gasteiger partial charge in [0, 0.05) is 0 Å². The number of hydrogen-bond donors (Lipinski definition) is 1. The molecule has 0 saturated carbocycles. The fraction of sp³-hybridized carbons (Fsp3) is 0.400. The molecule has 0 aliphatic carbocycles. The van der Waals surface area contributed by atoms with Crippen molar-refractivity contribution in [1.29, 1.82) is 0 Å². The Morgan fingerprint density at radius 1 is 1.40 bits per heavy atom. The van der Waals surface area contributed by atoms with E-state index in [2.05, 4.69) is 22.4 Å². The van der Waals surface area contributed by atoms with E-state index in [1.54, 1.807) is 18.4 Å². The van der Waals surface area contributed by atoms with Crippen molar-refractivity contribution in [3.05, 3.63) is 24.3 Å². The minimum Gasteiger partial charge on any atom is -0.459 e. The second-order valence-corrected chi connectivity index (χ2v) is 3.16. The van der Waals surface area contributed by atoms with Gasteiger partial charge in [0.05, 0.1) is 12.8 Å². The first-order valence-corrected chi connectivity index (χ1v) is 4.97. The molecular formula is C10H13N3O2. The van der Waals surface area contributed by atoms with Crippen LogP contribution in [0.25, 0.3) is 11.7 Å². The first-order valence-electron chi connectivity index (χ1n) is 4.97. The molecule has 5 nitrogen and oxygen atoms in total. The molecule has 5 heteroatoms. The summed E-state index contributed by atoms with van der Waals surface area (Å²) in [7, 11) is 0. The molecule has 0 spiro atoms. The zero-order valence-electron chi connectivity index (χ0n) is 8.56. The maximum Gasteiger partial charge on any atom is 0.283 e. The third-order valence-electron chi connectivity index (χ3n) is 1.90. The molecule has 0 bridgehead atoms. The Bertz CT molecular complexity index is 394. The van der Waals surface area contributed by atoms with Crippen molar-refractivity contribution >= 4 is 0 Å². The molecule has 0 unspecified atom stereocenters. The van der Waals surface area contributed by atoms with Gasteiger partial charge in [0.1, 0.15) is 0 Å². The van der Waals surface area contributed by atoms with E-state index in [1.165, 1.54) is 0 Å². The average molecular weight is 207 g/mol. The normalized spacial score (nSPS) is 10.7. The molecule has 15 heavy (non-hydrogen) atoms. The summed E-state index contributed by atoms with van der Waals surface area (Å²) in [6.07, 6.45) is 2.66. The Kier molecular flexibility index (Phi) is 3.14. The molecule has 2 aromatic rings. The van der Waals surface area contributed by atoms with Crippen molar-refractivity contribution in [1.82, 2.24) is 15.5 Å². The summed E-state index contributed by atoms with van der Waals surface area (Å²) >= 11 is 0. The van der Waals surface area contributed by atoms with Crippen LogP contribution in [0.5, 0.6) is 0 Å². The molecule has 0 aliphatic heterocycles. The molecule has 0 radical (unpaired) electrons. The lowest BCUT2D eigenvalue weighted by Crippen LogP contribution is -2.13. The van der Waals surface area contributed by atoms with E-state index in [4.69, 9.17) is 8.83 Å². The number of nitrogens with one attached hydrogen (secondary N) is 1. The van der Waals surface area contributed by atoms with Crippen LogP contribution in [0.2, 0.25) is 0 Å². The Morgan fingerprint density at radius 2 is 2.33 bits per heavy atom. The van der Waals surface area contributed by atoms with Gasteiger partial charge in [-0.2, -0.15) is 0 Å². The quantitative estimate of drug-likeness (QED) is 0.758. The van der Waals surface area contributed by atoms with Gasteiger partial charge in [-0.1, -0.05) is 6.92 Å². The van der Waals surface area contributed by atoms with Gasteiger partial charge in [-0.15, -0.1) is 10.2 Å². The molecule has 0 aromatic carbocycles. The van der Waals surface area contributed by atoms with Crippen LogP contribution in [0.15, 0.2) is 27.2 Å². The number of nitrogens with zero attached hydrogens (tertiary/aromatic N) is 2. The summed E-state index contributed by atoms with van der Waals surface area (Å²) in [5.41, 5.74) is 0. The molecule has 2 heterocycles. The van der Waals surface area contributed by atoms with Crippen molar-refractivity contribution in [3.63, 3.8) is 0 Å². The zero-order valence-corrected chi connectivity index (χ0v) is 8.56. The fourth-order valence-electron chi connectivity index (χ4n) is 1.20. The number of hydrogen-bond acceptors (Lipinski definition) is 5. The summed E-state index contributed by atoms with van der Waals surface area (Å²) in [6, 6.07) is 3.57. The highest BCUT2D eigenvalue weighted by molar-refractivity contribution is 5.42. The predicted molar refractivity (Wildman–Crippen MR) is 54.0 cm³/mol. The van der Waals surface area contributed by atoms with E-state index in [0.29, 0.717) is 24.1 Å². The van der Waals surface area contributed by atoms with Crippen molar-refractivity contribution < 1.29 is 8.83 Å². The highest BCUT2D eigenvalue weighted by Gasteiger charge is 2.09. The molecular weight excluding hydrogens is 194 g/mol. The minimum atomic E-state index is 0.424. The third-order valence-corrected chi connectivity index (χ3v) is 1.90. The molecule has 80 valence electrons. The maximum absolute atomic E-state index is 5.40. The van der Waals surface area contributed by atoms with Crippen LogP contribution in [0.1, 0.15) is 19.2 Å². The van der Waals surface area contributed by atoms with E-state index < -0.39 is 0 Å². The van der Waals surface area contributed by atoms with Crippen LogP contribution in [-0.2, 0) is 6.54 Å². The molecule has 0 fully saturated rings. The average Bonchev–Trinajstić information content (AvgIpc) is 2.87. The Morgan fingerprint density at radius 3 is 3.07 bits per heavy atom. The number of rotatable bonds is 5. The second kappa shape index (κ2) is 4.75. The molecule has 2 aromatic heterocycles. The van der Waals surface area contributed by atoms with Crippen molar-refractivity contribution in [2.24, 2.45) is 0 Å². The zero-order chi connectivity index (χ0) is 10.5. The van der Waals surface area contributed by atoms with E-state index in [-0.39, 0.29) is 0 Å².